The van der Waals surface area contributed by atoms with E-state index in [1.165, 1.54) is 15.9 Å². The molecule has 4 rings (SSSR count). The first-order valence-electron chi connectivity index (χ1n) is 9.67. The smallest absolute Gasteiger partial charge is 0.279 e. The minimum atomic E-state index is -0.296. The molecule has 0 unspecified atom stereocenters. The third-order valence-electron chi connectivity index (χ3n) is 5.79. The molecule has 0 bridgehead atoms. The zero-order valence-corrected chi connectivity index (χ0v) is 18.2. The lowest BCUT2D eigenvalue weighted by Gasteiger charge is -2.14. The van der Waals surface area contributed by atoms with E-state index >= 15 is 0 Å². The number of hydrogen-bond donors (Lipinski definition) is 0. The fourth-order valence-electron chi connectivity index (χ4n) is 3.65. The molecule has 4 aromatic rings. The van der Waals surface area contributed by atoms with Gasteiger partial charge in [0.2, 0.25) is 0 Å². The Labute approximate surface area is 173 Å². The summed E-state index contributed by atoms with van der Waals surface area (Å²) in [4.78, 5) is 28.8. The SMILES string of the molecule is Cc1ccc(-n2c(=O)c3c(C)c(C)sc3n(Cc3ccccc3C)c2=O)cc1C. The molecular formula is C24H24N2O2S. The average molecular weight is 405 g/mol. The number of rotatable bonds is 3. The second kappa shape index (κ2) is 7.16. The summed E-state index contributed by atoms with van der Waals surface area (Å²) in [5.41, 5.74) is 5.42. The van der Waals surface area contributed by atoms with Gasteiger partial charge in [-0.05, 0) is 74.6 Å². The van der Waals surface area contributed by atoms with Crippen LogP contribution >= 0.6 is 11.3 Å². The van der Waals surface area contributed by atoms with Crippen molar-refractivity contribution in [2.75, 3.05) is 0 Å². The number of thiophene rings is 1. The molecule has 0 atom stereocenters. The zero-order valence-electron chi connectivity index (χ0n) is 17.4. The molecule has 5 heteroatoms. The van der Waals surface area contributed by atoms with Crippen molar-refractivity contribution in [1.82, 2.24) is 9.13 Å². The van der Waals surface area contributed by atoms with E-state index in [1.807, 2.05) is 77.1 Å². The highest BCUT2D eigenvalue weighted by molar-refractivity contribution is 7.18. The molecule has 0 N–H and O–H groups in total. The van der Waals surface area contributed by atoms with Gasteiger partial charge >= 0.3 is 5.69 Å². The van der Waals surface area contributed by atoms with Gasteiger partial charge in [0.15, 0.2) is 0 Å². The van der Waals surface area contributed by atoms with Crippen molar-refractivity contribution in [3.63, 3.8) is 0 Å². The van der Waals surface area contributed by atoms with Crippen LogP contribution in [0, 0.1) is 34.6 Å². The number of aromatic nitrogens is 2. The normalized spacial score (nSPS) is 11.3. The Morgan fingerprint density at radius 1 is 0.862 bits per heavy atom. The maximum Gasteiger partial charge on any atom is 0.337 e. The Bertz CT molecular complexity index is 1370. The fourth-order valence-corrected chi connectivity index (χ4v) is 4.79. The Balaban J connectivity index is 2.08. The molecule has 0 radical (unpaired) electrons. The van der Waals surface area contributed by atoms with Crippen molar-refractivity contribution in [2.45, 2.75) is 41.2 Å². The molecule has 0 saturated carbocycles. The molecule has 0 spiro atoms. The van der Waals surface area contributed by atoms with Gasteiger partial charge in [0.25, 0.3) is 5.56 Å². The molecule has 29 heavy (non-hydrogen) atoms. The van der Waals surface area contributed by atoms with E-state index in [9.17, 15) is 9.59 Å². The standard InChI is InChI=1S/C24H24N2O2S/c1-14-10-11-20(12-16(14)3)26-22(27)21-17(4)18(5)29-23(21)25(24(26)28)13-19-9-7-6-8-15(19)2/h6-12H,13H2,1-5H3. The molecule has 0 aliphatic carbocycles. The third kappa shape index (κ3) is 3.15. The highest BCUT2D eigenvalue weighted by Crippen LogP contribution is 2.28. The maximum atomic E-state index is 13.6. The highest BCUT2D eigenvalue weighted by Gasteiger charge is 2.20. The van der Waals surface area contributed by atoms with E-state index in [1.54, 1.807) is 4.57 Å². The van der Waals surface area contributed by atoms with Crippen molar-refractivity contribution in [3.8, 4) is 5.69 Å². The Morgan fingerprint density at radius 2 is 1.59 bits per heavy atom. The van der Waals surface area contributed by atoms with Crippen molar-refractivity contribution in [3.05, 3.63) is 96.0 Å². The predicted molar refractivity (Wildman–Crippen MR) is 121 cm³/mol. The minimum Gasteiger partial charge on any atom is -0.279 e. The quantitative estimate of drug-likeness (QED) is 0.492. The van der Waals surface area contributed by atoms with Crippen LogP contribution in [0.25, 0.3) is 15.9 Å². The summed E-state index contributed by atoms with van der Waals surface area (Å²) in [6.07, 6.45) is 0. The van der Waals surface area contributed by atoms with Crippen LogP contribution < -0.4 is 11.2 Å². The van der Waals surface area contributed by atoms with Crippen LogP contribution in [0.5, 0.6) is 0 Å². The van der Waals surface area contributed by atoms with Gasteiger partial charge in [-0.15, -0.1) is 11.3 Å². The number of hydrogen-bond acceptors (Lipinski definition) is 3. The molecule has 4 nitrogen and oxygen atoms in total. The summed E-state index contributed by atoms with van der Waals surface area (Å²) in [6, 6.07) is 13.8. The Hall–Kier alpha value is -2.92. The highest BCUT2D eigenvalue weighted by atomic mass is 32.1. The van der Waals surface area contributed by atoms with Crippen LogP contribution in [0.4, 0.5) is 0 Å². The van der Waals surface area contributed by atoms with E-state index in [-0.39, 0.29) is 11.2 Å². The lowest BCUT2D eigenvalue weighted by molar-refractivity contribution is 0.716. The number of nitrogens with zero attached hydrogens (tertiary/aromatic N) is 2. The molecule has 148 valence electrons. The molecule has 2 aromatic carbocycles. The minimum absolute atomic E-state index is 0.240. The van der Waals surface area contributed by atoms with Crippen molar-refractivity contribution in [2.24, 2.45) is 0 Å². The van der Waals surface area contributed by atoms with E-state index in [4.69, 9.17) is 0 Å². The monoisotopic (exact) mass is 404 g/mol. The Morgan fingerprint density at radius 3 is 2.28 bits per heavy atom. The summed E-state index contributed by atoms with van der Waals surface area (Å²) in [6.45, 7) is 10.5. The van der Waals surface area contributed by atoms with Gasteiger partial charge in [0.1, 0.15) is 4.83 Å². The van der Waals surface area contributed by atoms with Gasteiger partial charge < -0.3 is 0 Å². The average Bonchev–Trinajstić information content (AvgIpc) is 2.98. The topological polar surface area (TPSA) is 44.0 Å². The predicted octanol–water partition coefficient (Wildman–Crippen LogP) is 4.80. The van der Waals surface area contributed by atoms with E-state index in [0.29, 0.717) is 17.6 Å². The van der Waals surface area contributed by atoms with Crippen LogP contribution in [0.2, 0.25) is 0 Å². The second-order valence-corrected chi connectivity index (χ2v) is 8.87. The molecule has 0 fully saturated rings. The van der Waals surface area contributed by atoms with Gasteiger partial charge in [0, 0.05) is 4.88 Å². The van der Waals surface area contributed by atoms with E-state index in [0.717, 1.165) is 37.5 Å². The van der Waals surface area contributed by atoms with Gasteiger partial charge in [-0.3, -0.25) is 9.36 Å². The van der Waals surface area contributed by atoms with Crippen LogP contribution in [0.3, 0.4) is 0 Å². The van der Waals surface area contributed by atoms with E-state index < -0.39 is 0 Å². The van der Waals surface area contributed by atoms with Gasteiger partial charge in [-0.2, -0.15) is 0 Å². The zero-order chi connectivity index (χ0) is 20.9. The fraction of sp³-hybridized carbons (Fsp3) is 0.250. The first kappa shape index (κ1) is 19.4. The van der Waals surface area contributed by atoms with Gasteiger partial charge in [-0.25, -0.2) is 9.36 Å². The number of benzene rings is 2. The molecule has 2 heterocycles. The van der Waals surface area contributed by atoms with Crippen LogP contribution in [-0.4, -0.2) is 9.13 Å². The van der Waals surface area contributed by atoms with Crippen molar-refractivity contribution < 1.29 is 0 Å². The number of aryl methyl sites for hydroxylation is 5. The van der Waals surface area contributed by atoms with Gasteiger partial charge in [-0.1, -0.05) is 30.3 Å². The van der Waals surface area contributed by atoms with Crippen LogP contribution in [-0.2, 0) is 6.54 Å². The molecular weight excluding hydrogens is 380 g/mol. The van der Waals surface area contributed by atoms with Crippen LogP contribution in [0.1, 0.15) is 32.7 Å². The first-order valence-corrected chi connectivity index (χ1v) is 10.5. The van der Waals surface area contributed by atoms with Crippen molar-refractivity contribution >= 4 is 21.6 Å². The molecule has 0 saturated heterocycles. The van der Waals surface area contributed by atoms with Crippen LogP contribution in [0.15, 0.2) is 52.1 Å². The van der Waals surface area contributed by atoms with Gasteiger partial charge in [0.05, 0.1) is 17.6 Å². The molecule has 0 aliphatic rings. The molecule has 0 amide bonds. The summed E-state index contributed by atoms with van der Waals surface area (Å²) < 4.78 is 3.07. The lowest BCUT2D eigenvalue weighted by Crippen LogP contribution is -2.39. The maximum absolute atomic E-state index is 13.6. The summed E-state index contributed by atoms with van der Waals surface area (Å²) in [5, 5.41) is 0.638. The Kier molecular flexibility index (Phi) is 4.79. The number of fused-ring (bicyclic) bond motifs is 1. The summed E-state index contributed by atoms with van der Waals surface area (Å²) >= 11 is 1.52. The molecule has 2 aromatic heterocycles. The largest absolute Gasteiger partial charge is 0.337 e. The molecule has 0 aliphatic heterocycles. The van der Waals surface area contributed by atoms with E-state index in [2.05, 4.69) is 0 Å². The third-order valence-corrected chi connectivity index (χ3v) is 7.02. The summed E-state index contributed by atoms with van der Waals surface area (Å²) in [5.74, 6) is 0. The summed E-state index contributed by atoms with van der Waals surface area (Å²) in [7, 11) is 0. The second-order valence-electron chi connectivity index (χ2n) is 7.67. The first-order chi connectivity index (χ1) is 13.8. The van der Waals surface area contributed by atoms with Crippen molar-refractivity contribution in [1.29, 1.82) is 0 Å². The lowest BCUT2D eigenvalue weighted by atomic mass is 10.1.